The summed E-state index contributed by atoms with van der Waals surface area (Å²) in [5.41, 5.74) is 3.35. The fraction of sp³-hybridized carbons (Fsp3) is 0.400. The molecule has 1 aromatic carbocycles. The molecule has 1 atom stereocenters. The van der Waals surface area contributed by atoms with Crippen molar-refractivity contribution < 1.29 is 19.1 Å². The smallest absolute Gasteiger partial charge is 0.268 e. The Labute approximate surface area is 153 Å². The van der Waals surface area contributed by atoms with Crippen molar-refractivity contribution in [3.8, 4) is 11.5 Å². The molecular formula is C20H26N2O4. The molecule has 2 aromatic rings. The van der Waals surface area contributed by atoms with E-state index >= 15 is 0 Å². The van der Waals surface area contributed by atoms with Gasteiger partial charge in [0.05, 0.1) is 20.3 Å². The molecule has 2 rings (SSSR count). The van der Waals surface area contributed by atoms with Crippen LogP contribution < -0.4 is 14.8 Å². The van der Waals surface area contributed by atoms with Crippen LogP contribution in [0.4, 0.5) is 0 Å². The van der Waals surface area contributed by atoms with Crippen LogP contribution in [0.1, 0.15) is 64.5 Å². The number of aromatic nitrogens is 1. The Morgan fingerprint density at radius 2 is 1.92 bits per heavy atom. The van der Waals surface area contributed by atoms with Crippen molar-refractivity contribution in [2.45, 2.75) is 40.2 Å². The number of Topliss-reactive ketones (excluding diaryl/α,β-unsaturated/α-hetero) is 1. The second kappa shape index (κ2) is 8.08. The van der Waals surface area contributed by atoms with Crippen molar-refractivity contribution in [2.24, 2.45) is 0 Å². The molecule has 26 heavy (non-hydrogen) atoms. The van der Waals surface area contributed by atoms with Gasteiger partial charge in [0.2, 0.25) is 0 Å². The maximum atomic E-state index is 12.8. The highest BCUT2D eigenvalue weighted by Crippen LogP contribution is 2.30. The van der Waals surface area contributed by atoms with Crippen molar-refractivity contribution in [1.29, 1.82) is 0 Å². The standard InChI is InChI=1S/C20H26N2O4/c1-7-15-18(13(4)23)12(3)21-19(15)20(24)22-11(2)16-9-8-14(25-5)10-17(16)26-6/h8-11,21H,7H2,1-6H3,(H,22,24). The fourth-order valence-corrected chi connectivity index (χ4v) is 3.22. The van der Waals surface area contributed by atoms with Crippen molar-refractivity contribution in [3.05, 3.63) is 46.3 Å². The minimum atomic E-state index is -0.280. The Morgan fingerprint density at radius 3 is 2.46 bits per heavy atom. The summed E-state index contributed by atoms with van der Waals surface area (Å²) in [4.78, 5) is 27.8. The summed E-state index contributed by atoms with van der Waals surface area (Å²) in [6.45, 7) is 7.14. The molecule has 0 spiro atoms. The van der Waals surface area contributed by atoms with Gasteiger partial charge in [-0.25, -0.2) is 0 Å². The lowest BCUT2D eigenvalue weighted by Gasteiger charge is -2.18. The first-order valence-electron chi connectivity index (χ1n) is 8.59. The highest BCUT2D eigenvalue weighted by molar-refractivity contribution is 6.02. The maximum Gasteiger partial charge on any atom is 0.268 e. The van der Waals surface area contributed by atoms with Gasteiger partial charge in [-0.15, -0.1) is 0 Å². The molecule has 0 saturated heterocycles. The van der Waals surface area contributed by atoms with Crippen molar-refractivity contribution in [1.82, 2.24) is 10.3 Å². The number of aromatic amines is 1. The molecule has 1 heterocycles. The first-order chi connectivity index (χ1) is 12.3. The third kappa shape index (κ3) is 3.74. The van der Waals surface area contributed by atoms with Crippen LogP contribution in [0.25, 0.3) is 0 Å². The number of ether oxygens (including phenoxy) is 2. The number of hydrogen-bond donors (Lipinski definition) is 2. The number of benzene rings is 1. The molecule has 6 nitrogen and oxygen atoms in total. The number of H-pyrrole nitrogens is 1. The van der Waals surface area contributed by atoms with E-state index in [9.17, 15) is 9.59 Å². The van der Waals surface area contributed by atoms with Crippen LogP contribution in [0.5, 0.6) is 11.5 Å². The van der Waals surface area contributed by atoms with Gasteiger partial charge in [-0.3, -0.25) is 9.59 Å². The first-order valence-corrected chi connectivity index (χ1v) is 8.59. The Balaban J connectivity index is 2.31. The monoisotopic (exact) mass is 358 g/mol. The zero-order chi connectivity index (χ0) is 19.4. The largest absolute Gasteiger partial charge is 0.497 e. The van der Waals surface area contributed by atoms with Crippen LogP contribution in [0.3, 0.4) is 0 Å². The first kappa shape index (κ1) is 19.6. The fourth-order valence-electron chi connectivity index (χ4n) is 3.22. The van der Waals surface area contributed by atoms with Crippen LogP contribution in [0.15, 0.2) is 18.2 Å². The van der Waals surface area contributed by atoms with E-state index < -0.39 is 0 Å². The summed E-state index contributed by atoms with van der Waals surface area (Å²) in [6.07, 6.45) is 0.599. The lowest BCUT2D eigenvalue weighted by molar-refractivity contribution is 0.0934. The lowest BCUT2D eigenvalue weighted by Crippen LogP contribution is -2.28. The van der Waals surface area contributed by atoms with Crippen LogP contribution in [0.2, 0.25) is 0 Å². The van der Waals surface area contributed by atoms with Crippen molar-refractivity contribution >= 4 is 11.7 Å². The lowest BCUT2D eigenvalue weighted by atomic mass is 10.0. The predicted octanol–water partition coefficient (Wildman–Crippen LogP) is 3.60. The number of ketones is 1. The number of methoxy groups -OCH3 is 2. The molecule has 140 valence electrons. The molecule has 0 aliphatic heterocycles. The van der Waals surface area contributed by atoms with Gasteiger partial charge < -0.3 is 19.8 Å². The number of aryl methyl sites for hydroxylation is 1. The van der Waals surface area contributed by atoms with Gasteiger partial charge in [-0.05, 0) is 44.9 Å². The summed E-state index contributed by atoms with van der Waals surface area (Å²) in [5, 5.41) is 2.98. The summed E-state index contributed by atoms with van der Waals surface area (Å²) >= 11 is 0. The number of amides is 1. The average molecular weight is 358 g/mol. The van der Waals surface area contributed by atoms with Gasteiger partial charge in [-0.2, -0.15) is 0 Å². The number of nitrogens with one attached hydrogen (secondary N) is 2. The van der Waals surface area contributed by atoms with E-state index in [0.717, 1.165) is 11.1 Å². The van der Waals surface area contributed by atoms with Gasteiger partial charge in [0.1, 0.15) is 17.2 Å². The zero-order valence-corrected chi connectivity index (χ0v) is 16.1. The van der Waals surface area contributed by atoms with Crippen LogP contribution in [-0.4, -0.2) is 30.9 Å². The molecule has 1 unspecified atom stereocenters. The van der Waals surface area contributed by atoms with Gasteiger partial charge in [0, 0.05) is 22.9 Å². The quantitative estimate of drug-likeness (QED) is 0.741. The number of rotatable bonds is 7. The van der Waals surface area contributed by atoms with E-state index in [4.69, 9.17) is 9.47 Å². The summed E-state index contributed by atoms with van der Waals surface area (Å²) in [7, 11) is 3.17. The zero-order valence-electron chi connectivity index (χ0n) is 16.1. The van der Waals surface area contributed by atoms with E-state index in [2.05, 4.69) is 10.3 Å². The Kier molecular flexibility index (Phi) is 6.08. The van der Waals surface area contributed by atoms with Gasteiger partial charge in [0.15, 0.2) is 5.78 Å². The van der Waals surface area contributed by atoms with Crippen LogP contribution >= 0.6 is 0 Å². The molecule has 0 bridgehead atoms. The maximum absolute atomic E-state index is 12.8. The van der Waals surface area contributed by atoms with Crippen LogP contribution in [-0.2, 0) is 6.42 Å². The summed E-state index contributed by atoms with van der Waals surface area (Å²) in [5.74, 6) is 1.03. The topological polar surface area (TPSA) is 80.4 Å². The molecule has 0 saturated carbocycles. The van der Waals surface area contributed by atoms with Crippen molar-refractivity contribution in [2.75, 3.05) is 14.2 Å². The second-order valence-electron chi connectivity index (χ2n) is 6.19. The molecule has 0 radical (unpaired) electrons. The summed E-state index contributed by atoms with van der Waals surface area (Å²) < 4.78 is 10.6. The average Bonchev–Trinajstić information content (AvgIpc) is 2.97. The molecule has 6 heteroatoms. The number of hydrogen-bond acceptors (Lipinski definition) is 4. The molecule has 1 amide bonds. The summed E-state index contributed by atoms with van der Waals surface area (Å²) in [6, 6.07) is 5.19. The van der Waals surface area contributed by atoms with Gasteiger partial charge in [-0.1, -0.05) is 6.92 Å². The van der Waals surface area contributed by atoms with E-state index in [1.54, 1.807) is 20.3 Å². The normalized spacial score (nSPS) is 11.8. The molecule has 2 N–H and O–H groups in total. The van der Waals surface area contributed by atoms with E-state index in [0.29, 0.717) is 34.9 Å². The SMILES string of the molecule is CCc1c(C(=O)NC(C)c2ccc(OC)cc2OC)[nH]c(C)c1C(C)=O. The minimum Gasteiger partial charge on any atom is -0.497 e. The highest BCUT2D eigenvalue weighted by atomic mass is 16.5. The van der Waals surface area contributed by atoms with E-state index in [1.807, 2.05) is 32.9 Å². The minimum absolute atomic E-state index is 0.0421. The molecular weight excluding hydrogens is 332 g/mol. The van der Waals surface area contributed by atoms with Crippen molar-refractivity contribution in [3.63, 3.8) is 0 Å². The second-order valence-corrected chi connectivity index (χ2v) is 6.19. The molecule has 0 fully saturated rings. The van der Waals surface area contributed by atoms with Crippen LogP contribution in [0, 0.1) is 6.92 Å². The Bertz CT molecular complexity index is 823. The van der Waals surface area contributed by atoms with E-state index in [-0.39, 0.29) is 17.7 Å². The molecule has 1 aromatic heterocycles. The van der Waals surface area contributed by atoms with Gasteiger partial charge >= 0.3 is 0 Å². The highest BCUT2D eigenvalue weighted by Gasteiger charge is 2.23. The van der Waals surface area contributed by atoms with E-state index in [1.165, 1.54) is 6.92 Å². The third-order valence-corrected chi connectivity index (χ3v) is 4.48. The molecule has 0 aliphatic rings. The number of carbonyl (C=O) groups excluding carboxylic acids is 2. The van der Waals surface area contributed by atoms with Gasteiger partial charge in [0.25, 0.3) is 5.91 Å². The molecule has 0 aliphatic carbocycles. The predicted molar refractivity (Wildman–Crippen MR) is 100 cm³/mol. The Morgan fingerprint density at radius 1 is 1.23 bits per heavy atom. The number of carbonyl (C=O) groups is 2. The Hall–Kier alpha value is -2.76. The third-order valence-electron chi connectivity index (χ3n) is 4.48.